The van der Waals surface area contributed by atoms with E-state index < -0.39 is 0 Å². The fourth-order valence-corrected chi connectivity index (χ4v) is 4.39. The van der Waals surface area contributed by atoms with Crippen LogP contribution in [0.15, 0.2) is 12.5 Å². The molecule has 4 heterocycles. The number of carbonyl (C=O) groups excluding carboxylic acids is 1. The number of hydrogen-bond donors (Lipinski definition) is 0. The van der Waals surface area contributed by atoms with Crippen LogP contribution in [0.2, 0.25) is 0 Å². The Morgan fingerprint density at radius 3 is 2.72 bits per heavy atom. The molecule has 3 fully saturated rings. The van der Waals surface area contributed by atoms with Crippen molar-refractivity contribution in [2.24, 2.45) is 11.8 Å². The molecule has 3 aliphatic rings. The van der Waals surface area contributed by atoms with Gasteiger partial charge in [0.15, 0.2) is 0 Å². The minimum absolute atomic E-state index is 0.238. The maximum Gasteiger partial charge on any atom is 0.225 e. The predicted molar refractivity (Wildman–Crippen MR) is 94.4 cm³/mol. The minimum atomic E-state index is 0.238. The van der Waals surface area contributed by atoms with Gasteiger partial charge in [0.05, 0.1) is 19.6 Å². The zero-order chi connectivity index (χ0) is 17.2. The van der Waals surface area contributed by atoms with Crippen LogP contribution in [0.3, 0.4) is 0 Å². The maximum absolute atomic E-state index is 12.1. The first-order chi connectivity index (χ1) is 12.2. The van der Waals surface area contributed by atoms with E-state index in [1.165, 1.54) is 0 Å². The highest BCUT2D eigenvalue weighted by Crippen LogP contribution is 2.33. The minimum Gasteiger partial charge on any atom is -0.379 e. The Kier molecular flexibility index (Phi) is 4.85. The standard InChI is InChI=1S/C18H27N5O2/c1-14-8-19-13-20-18(14)23-11-15-9-21(10-16(15)12-23)3-4-22-5-7-25-6-2-17(22)24/h8,13,15-16H,2-7,9-12H2,1H3. The normalized spacial score (nSPS) is 27.6. The summed E-state index contributed by atoms with van der Waals surface area (Å²) in [6.07, 6.45) is 4.06. The van der Waals surface area contributed by atoms with Crippen LogP contribution in [0.4, 0.5) is 5.82 Å². The molecule has 3 aliphatic heterocycles. The number of fused-ring (bicyclic) bond motifs is 1. The van der Waals surface area contributed by atoms with Crippen molar-refractivity contribution in [2.45, 2.75) is 13.3 Å². The number of hydrogen-bond acceptors (Lipinski definition) is 6. The van der Waals surface area contributed by atoms with Gasteiger partial charge in [-0.1, -0.05) is 0 Å². The van der Waals surface area contributed by atoms with Crippen LogP contribution < -0.4 is 4.90 Å². The molecular formula is C18H27N5O2. The highest BCUT2D eigenvalue weighted by molar-refractivity contribution is 5.76. The lowest BCUT2D eigenvalue weighted by atomic mass is 10.0. The molecule has 3 saturated heterocycles. The second-order valence-corrected chi connectivity index (χ2v) is 7.46. The van der Waals surface area contributed by atoms with E-state index in [0.29, 0.717) is 31.5 Å². The van der Waals surface area contributed by atoms with Crippen LogP contribution in [-0.2, 0) is 9.53 Å². The van der Waals surface area contributed by atoms with E-state index in [-0.39, 0.29) is 5.91 Å². The Bertz CT molecular complexity index is 611. The molecule has 1 amide bonds. The van der Waals surface area contributed by atoms with E-state index in [1.807, 2.05) is 11.1 Å². The van der Waals surface area contributed by atoms with Crippen molar-refractivity contribution in [3.05, 3.63) is 18.1 Å². The SMILES string of the molecule is Cc1cncnc1N1CC2CN(CCN3CCOCCC3=O)CC2C1. The van der Waals surface area contributed by atoms with Crippen LogP contribution >= 0.6 is 0 Å². The fourth-order valence-electron chi connectivity index (χ4n) is 4.39. The summed E-state index contributed by atoms with van der Waals surface area (Å²) in [4.78, 5) is 27.5. The molecule has 4 rings (SSSR count). The lowest BCUT2D eigenvalue weighted by Crippen LogP contribution is -2.39. The van der Waals surface area contributed by atoms with Gasteiger partial charge >= 0.3 is 0 Å². The van der Waals surface area contributed by atoms with Gasteiger partial charge in [-0.3, -0.25) is 4.79 Å². The van der Waals surface area contributed by atoms with Crippen molar-refractivity contribution in [1.82, 2.24) is 19.8 Å². The second-order valence-electron chi connectivity index (χ2n) is 7.46. The smallest absolute Gasteiger partial charge is 0.225 e. The third-order valence-electron chi connectivity index (χ3n) is 5.73. The van der Waals surface area contributed by atoms with E-state index in [1.54, 1.807) is 6.33 Å². The lowest BCUT2D eigenvalue weighted by Gasteiger charge is -2.26. The van der Waals surface area contributed by atoms with Crippen molar-refractivity contribution < 1.29 is 9.53 Å². The van der Waals surface area contributed by atoms with Crippen molar-refractivity contribution in [2.75, 3.05) is 63.9 Å². The van der Waals surface area contributed by atoms with Crippen LogP contribution in [0.1, 0.15) is 12.0 Å². The van der Waals surface area contributed by atoms with Crippen LogP contribution in [0.25, 0.3) is 0 Å². The number of ether oxygens (including phenoxy) is 1. The van der Waals surface area contributed by atoms with Gasteiger partial charge in [0, 0.05) is 57.6 Å². The second kappa shape index (κ2) is 7.25. The van der Waals surface area contributed by atoms with Gasteiger partial charge in [0.25, 0.3) is 0 Å². The van der Waals surface area contributed by atoms with E-state index >= 15 is 0 Å². The van der Waals surface area contributed by atoms with Gasteiger partial charge in [0.2, 0.25) is 5.91 Å². The number of rotatable bonds is 4. The average Bonchev–Trinajstić information content (AvgIpc) is 3.08. The molecule has 1 aromatic rings. The first-order valence-corrected chi connectivity index (χ1v) is 9.30. The molecular weight excluding hydrogens is 318 g/mol. The van der Waals surface area contributed by atoms with E-state index in [4.69, 9.17) is 4.74 Å². The summed E-state index contributed by atoms with van der Waals surface area (Å²) in [5.74, 6) is 2.74. The molecule has 0 N–H and O–H groups in total. The Labute approximate surface area is 149 Å². The Morgan fingerprint density at radius 2 is 1.96 bits per heavy atom. The number of amides is 1. The number of likely N-dealkylation sites (tertiary alicyclic amines) is 1. The molecule has 0 radical (unpaired) electrons. The summed E-state index contributed by atoms with van der Waals surface area (Å²) in [6.45, 7) is 10.3. The van der Waals surface area contributed by atoms with Crippen LogP contribution in [-0.4, -0.2) is 84.7 Å². The molecule has 7 nitrogen and oxygen atoms in total. The molecule has 7 heteroatoms. The van der Waals surface area contributed by atoms with Crippen molar-refractivity contribution >= 4 is 11.7 Å². The molecule has 0 aliphatic carbocycles. The molecule has 2 atom stereocenters. The van der Waals surface area contributed by atoms with Gasteiger partial charge in [-0.05, 0) is 18.8 Å². The largest absolute Gasteiger partial charge is 0.379 e. The van der Waals surface area contributed by atoms with Crippen LogP contribution in [0.5, 0.6) is 0 Å². The molecule has 0 spiro atoms. The third-order valence-corrected chi connectivity index (χ3v) is 5.73. The predicted octanol–water partition coefficient (Wildman–Crippen LogP) is 0.402. The number of aromatic nitrogens is 2. The van der Waals surface area contributed by atoms with Crippen molar-refractivity contribution in [3.8, 4) is 0 Å². The highest BCUT2D eigenvalue weighted by Gasteiger charge is 2.40. The van der Waals surface area contributed by atoms with Crippen molar-refractivity contribution in [1.29, 1.82) is 0 Å². The van der Waals surface area contributed by atoms with Gasteiger partial charge in [-0.2, -0.15) is 0 Å². The number of aryl methyl sites for hydroxylation is 1. The third kappa shape index (κ3) is 3.62. The number of carbonyl (C=O) groups is 1. The van der Waals surface area contributed by atoms with Gasteiger partial charge < -0.3 is 19.4 Å². The Balaban J connectivity index is 1.28. The summed E-state index contributed by atoms with van der Waals surface area (Å²) in [6, 6.07) is 0. The first-order valence-electron chi connectivity index (χ1n) is 9.30. The highest BCUT2D eigenvalue weighted by atomic mass is 16.5. The summed E-state index contributed by atoms with van der Waals surface area (Å²) in [5.41, 5.74) is 1.15. The van der Waals surface area contributed by atoms with Gasteiger partial charge in [0.1, 0.15) is 12.1 Å². The molecule has 0 aromatic carbocycles. The number of anilines is 1. The molecule has 0 saturated carbocycles. The van der Waals surface area contributed by atoms with Gasteiger partial charge in [-0.25, -0.2) is 9.97 Å². The zero-order valence-electron chi connectivity index (χ0n) is 14.9. The lowest BCUT2D eigenvalue weighted by molar-refractivity contribution is -0.130. The molecule has 2 unspecified atom stereocenters. The van der Waals surface area contributed by atoms with E-state index in [9.17, 15) is 4.79 Å². The monoisotopic (exact) mass is 345 g/mol. The van der Waals surface area contributed by atoms with Crippen molar-refractivity contribution in [3.63, 3.8) is 0 Å². The summed E-state index contributed by atoms with van der Waals surface area (Å²) >= 11 is 0. The Morgan fingerprint density at radius 1 is 1.16 bits per heavy atom. The summed E-state index contributed by atoms with van der Waals surface area (Å²) in [5, 5.41) is 0. The fraction of sp³-hybridized carbons (Fsp3) is 0.722. The van der Waals surface area contributed by atoms with E-state index in [2.05, 4.69) is 26.7 Å². The van der Waals surface area contributed by atoms with Gasteiger partial charge in [-0.15, -0.1) is 0 Å². The quantitative estimate of drug-likeness (QED) is 0.787. The Hall–Kier alpha value is -1.73. The average molecular weight is 345 g/mol. The molecule has 0 bridgehead atoms. The molecule has 25 heavy (non-hydrogen) atoms. The zero-order valence-corrected chi connectivity index (χ0v) is 14.9. The first kappa shape index (κ1) is 16.7. The summed E-state index contributed by atoms with van der Waals surface area (Å²) < 4.78 is 5.40. The summed E-state index contributed by atoms with van der Waals surface area (Å²) in [7, 11) is 0. The van der Waals surface area contributed by atoms with Crippen LogP contribution in [0, 0.1) is 18.8 Å². The van der Waals surface area contributed by atoms with E-state index in [0.717, 1.165) is 57.2 Å². The topological polar surface area (TPSA) is 61.8 Å². The number of nitrogens with zero attached hydrogens (tertiary/aromatic N) is 5. The molecule has 136 valence electrons. The molecule has 1 aromatic heterocycles. The maximum atomic E-state index is 12.1.